The van der Waals surface area contributed by atoms with Crippen molar-refractivity contribution in [3.63, 3.8) is 0 Å². The van der Waals surface area contributed by atoms with E-state index < -0.39 is 16.0 Å². The van der Waals surface area contributed by atoms with Crippen LogP contribution in [-0.4, -0.2) is 41.9 Å². The Labute approximate surface area is 112 Å². The van der Waals surface area contributed by atoms with Crippen molar-refractivity contribution in [1.82, 2.24) is 9.29 Å². The summed E-state index contributed by atoms with van der Waals surface area (Å²) >= 11 is 0. The van der Waals surface area contributed by atoms with E-state index in [1.807, 2.05) is 0 Å². The molecule has 7 heteroatoms. The van der Waals surface area contributed by atoms with Gasteiger partial charge in [0, 0.05) is 31.9 Å². The second-order valence-corrected chi connectivity index (χ2v) is 6.58. The van der Waals surface area contributed by atoms with E-state index in [4.69, 9.17) is 5.11 Å². The van der Waals surface area contributed by atoms with Gasteiger partial charge in [0.25, 0.3) is 0 Å². The molecule has 1 saturated heterocycles. The number of pyridine rings is 1. The van der Waals surface area contributed by atoms with E-state index >= 15 is 0 Å². The SMILES string of the molecule is O=C(O)CCC1CCN(S(=O)(=O)c2cccnc2)C1. The van der Waals surface area contributed by atoms with Crippen LogP contribution in [0.2, 0.25) is 0 Å². The summed E-state index contributed by atoms with van der Waals surface area (Å²) in [4.78, 5) is 14.5. The fourth-order valence-electron chi connectivity index (χ4n) is 2.23. The van der Waals surface area contributed by atoms with Gasteiger partial charge in [-0.3, -0.25) is 9.78 Å². The maximum Gasteiger partial charge on any atom is 0.303 e. The van der Waals surface area contributed by atoms with Gasteiger partial charge < -0.3 is 5.11 Å². The average molecular weight is 284 g/mol. The van der Waals surface area contributed by atoms with Gasteiger partial charge in [0.15, 0.2) is 0 Å². The summed E-state index contributed by atoms with van der Waals surface area (Å²) in [5, 5.41) is 8.64. The topological polar surface area (TPSA) is 87.6 Å². The smallest absolute Gasteiger partial charge is 0.303 e. The molecule has 1 atom stereocenters. The third-order valence-corrected chi connectivity index (χ3v) is 5.14. The van der Waals surface area contributed by atoms with Gasteiger partial charge in [-0.15, -0.1) is 0 Å². The molecule has 19 heavy (non-hydrogen) atoms. The Morgan fingerprint density at radius 2 is 2.32 bits per heavy atom. The van der Waals surface area contributed by atoms with Crippen molar-refractivity contribution >= 4 is 16.0 Å². The highest BCUT2D eigenvalue weighted by Gasteiger charge is 2.32. The van der Waals surface area contributed by atoms with Crippen LogP contribution in [-0.2, 0) is 14.8 Å². The lowest BCUT2D eigenvalue weighted by molar-refractivity contribution is -0.137. The van der Waals surface area contributed by atoms with E-state index in [9.17, 15) is 13.2 Å². The Kier molecular flexibility index (Phi) is 4.16. The first-order chi connectivity index (χ1) is 9.00. The monoisotopic (exact) mass is 284 g/mol. The highest BCUT2D eigenvalue weighted by Crippen LogP contribution is 2.26. The molecular weight excluding hydrogens is 268 g/mol. The Morgan fingerprint density at radius 1 is 1.53 bits per heavy atom. The molecular formula is C12H16N2O4S. The van der Waals surface area contributed by atoms with Crippen molar-refractivity contribution in [2.75, 3.05) is 13.1 Å². The van der Waals surface area contributed by atoms with Gasteiger partial charge in [-0.2, -0.15) is 4.31 Å². The molecule has 1 fully saturated rings. The predicted molar refractivity (Wildman–Crippen MR) is 68.0 cm³/mol. The number of carboxylic acid groups (broad SMARTS) is 1. The second-order valence-electron chi connectivity index (χ2n) is 4.64. The van der Waals surface area contributed by atoms with Gasteiger partial charge in [-0.25, -0.2) is 8.42 Å². The summed E-state index contributed by atoms with van der Waals surface area (Å²) in [5.41, 5.74) is 0. The summed E-state index contributed by atoms with van der Waals surface area (Å²) in [6, 6.07) is 3.11. The number of aliphatic carboxylic acids is 1. The zero-order valence-electron chi connectivity index (χ0n) is 10.4. The Morgan fingerprint density at radius 3 is 2.95 bits per heavy atom. The minimum absolute atomic E-state index is 0.0887. The van der Waals surface area contributed by atoms with Crippen LogP contribution in [0.3, 0.4) is 0 Å². The first kappa shape index (κ1) is 14.0. The lowest BCUT2D eigenvalue weighted by atomic mass is 10.0. The number of hydrogen-bond donors (Lipinski definition) is 1. The number of rotatable bonds is 5. The zero-order valence-corrected chi connectivity index (χ0v) is 11.2. The fourth-order valence-corrected chi connectivity index (χ4v) is 3.72. The summed E-state index contributed by atoms with van der Waals surface area (Å²) in [6.45, 7) is 0.839. The van der Waals surface area contributed by atoms with Crippen LogP contribution in [0, 0.1) is 5.92 Å². The molecule has 0 spiro atoms. The van der Waals surface area contributed by atoms with E-state index in [0.717, 1.165) is 0 Å². The predicted octanol–water partition coefficient (Wildman–Crippen LogP) is 0.957. The molecule has 6 nitrogen and oxygen atoms in total. The van der Waals surface area contributed by atoms with Gasteiger partial charge >= 0.3 is 5.97 Å². The van der Waals surface area contributed by atoms with E-state index in [1.165, 1.54) is 22.8 Å². The van der Waals surface area contributed by atoms with E-state index in [1.54, 1.807) is 6.07 Å². The number of carboxylic acids is 1. The molecule has 1 aliphatic heterocycles. The van der Waals surface area contributed by atoms with Gasteiger partial charge in [0.2, 0.25) is 10.0 Å². The third kappa shape index (κ3) is 3.30. The van der Waals surface area contributed by atoms with Crippen molar-refractivity contribution in [2.24, 2.45) is 5.92 Å². The summed E-state index contributed by atoms with van der Waals surface area (Å²) in [7, 11) is -3.49. The first-order valence-electron chi connectivity index (χ1n) is 6.12. The quantitative estimate of drug-likeness (QED) is 0.870. The van der Waals surface area contributed by atoms with Crippen molar-refractivity contribution in [2.45, 2.75) is 24.2 Å². The molecule has 2 rings (SSSR count). The lowest BCUT2D eigenvalue weighted by Gasteiger charge is -2.16. The van der Waals surface area contributed by atoms with E-state index in [2.05, 4.69) is 4.98 Å². The maximum absolute atomic E-state index is 12.3. The van der Waals surface area contributed by atoms with Crippen molar-refractivity contribution < 1.29 is 18.3 Å². The van der Waals surface area contributed by atoms with Gasteiger partial charge in [-0.1, -0.05) is 0 Å². The normalized spacial score (nSPS) is 20.5. The highest BCUT2D eigenvalue weighted by molar-refractivity contribution is 7.89. The molecule has 0 saturated carbocycles. The molecule has 1 aliphatic rings. The minimum Gasteiger partial charge on any atom is -0.481 e. The van der Waals surface area contributed by atoms with Gasteiger partial charge in [0.05, 0.1) is 0 Å². The molecule has 2 heterocycles. The van der Waals surface area contributed by atoms with Crippen molar-refractivity contribution in [1.29, 1.82) is 0 Å². The number of aromatic nitrogens is 1. The molecule has 1 aromatic rings. The molecule has 0 bridgehead atoms. The number of nitrogens with zero attached hydrogens (tertiary/aromatic N) is 2. The Hall–Kier alpha value is -1.47. The molecule has 0 aromatic carbocycles. The first-order valence-corrected chi connectivity index (χ1v) is 7.56. The fraction of sp³-hybridized carbons (Fsp3) is 0.500. The van der Waals surface area contributed by atoms with Crippen LogP contribution in [0.25, 0.3) is 0 Å². The summed E-state index contributed by atoms with van der Waals surface area (Å²) < 4.78 is 26.0. The summed E-state index contributed by atoms with van der Waals surface area (Å²) in [5.74, 6) is -0.712. The van der Waals surface area contributed by atoms with Crippen LogP contribution >= 0.6 is 0 Å². The second kappa shape index (κ2) is 5.66. The van der Waals surface area contributed by atoms with Crippen molar-refractivity contribution in [3.05, 3.63) is 24.5 Å². The third-order valence-electron chi connectivity index (χ3n) is 3.29. The molecule has 0 amide bonds. The molecule has 0 aliphatic carbocycles. The lowest BCUT2D eigenvalue weighted by Crippen LogP contribution is -2.29. The molecule has 0 radical (unpaired) electrons. The van der Waals surface area contributed by atoms with Crippen LogP contribution in [0.5, 0.6) is 0 Å². The van der Waals surface area contributed by atoms with Gasteiger partial charge in [0.1, 0.15) is 4.90 Å². The number of carbonyl (C=O) groups is 1. The van der Waals surface area contributed by atoms with E-state index in [0.29, 0.717) is 25.9 Å². The van der Waals surface area contributed by atoms with Crippen molar-refractivity contribution in [3.8, 4) is 0 Å². The van der Waals surface area contributed by atoms with E-state index in [-0.39, 0.29) is 17.2 Å². The molecule has 104 valence electrons. The largest absolute Gasteiger partial charge is 0.481 e. The Balaban J connectivity index is 2.02. The number of sulfonamides is 1. The molecule has 1 aromatic heterocycles. The Bertz CT molecular complexity index is 544. The zero-order chi connectivity index (χ0) is 13.9. The van der Waals surface area contributed by atoms with Crippen LogP contribution in [0.15, 0.2) is 29.4 Å². The van der Waals surface area contributed by atoms with Gasteiger partial charge in [-0.05, 0) is 30.9 Å². The minimum atomic E-state index is -3.49. The maximum atomic E-state index is 12.3. The summed E-state index contributed by atoms with van der Waals surface area (Å²) in [6.07, 6.45) is 4.19. The standard InChI is InChI=1S/C12H16N2O4S/c15-12(16)4-3-10-5-7-14(9-10)19(17,18)11-2-1-6-13-8-11/h1-2,6,8,10H,3-5,7,9H2,(H,15,16). The molecule has 1 unspecified atom stereocenters. The van der Waals surface area contributed by atoms with Crippen LogP contribution in [0.4, 0.5) is 0 Å². The van der Waals surface area contributed by atoms with Crippen LogP contribution in [0.1, 0.15) is 19.3 Å². The average Bonchev–Trinajstić information content (AvgIpc) is 2.87. The highest BCUT2D eigenvalue weighted by atomic mass is 32.2. The molecule has 1 N–H and O–H groups in total. The number of hydrogen-bond acceptors (Lipinski definition) is 4. The van der Waals surface area contributed by atoms with Crippen LogP contribution < -0.4 is 0 Å².